The second-order valence-electron chi connectivity index (χ2n) is 5.47. The van der Waals surface area contributed by atoms with E-state index in [1.165, 1.54) is 0 Å². The molecular weight excluding hydrogens is 288 g/mol. The summed E-state index contributed by atoms with van der Waals surface area (Å²) < 4.78 is 29.4. The first-order valence-corrected chi connectivity index (χ1v) is 9.11. The van der Waals surface area contributed by atoms with E-state index in [9.17, 15) is 8.42 Å². The lowest BCUT2D eigenvalue weighted by atomic mass is 10.2. The van der Waals surface area contributed by atoms with Gasteiger partial charge in [0, 0.05) is 26.2 Å². The molecule has 0 atom stereocenters. The fourth-order valence-electron chi connectivity index (χ4n) is 2.25. The minimum absolute atomic E-state index is 0.0561. The predicted octanol–water partition coefficient (Wildman–Crippen LogP) is 1.30. The molecular formula is C15H24N2O3S. The highest BCUT2D eigenvalue weighted by Gasteiger charge is 2.18. The molecule has 1 fully saturated rings. The van der Waals surface area contributed by atoms with E-state index in [0.29, 0.717) is 0 Å². The van der Waals surface area contributed by atoms with Gasteiger partial charge in [0.15, 0.2) is 9.84 Å². The molecule has 21 heavy (non-hydrogen) atoms. The normalized spacial score (nSPS) is 16.2. The first-order chi connectivity index (χ1) is 10.0. The van der Waals surface area contributed by atoms with Crippen molar-refractivity contribution in [3.05, 3.63) is 24.3 Å². The average Bonchev–Trinajstić information content (AvgIpc) is 2.48. The summed E-state index contributed by atoms with van der Waals surface area (Å²) in [6, 6.07) is 7.82. The standard InChI is InChI=1S/C15H24N2O3S/c1-13(2)21(18,19)12-11-20-15-6-4-3-5-14(15)17-9-7-16-8-10-17/h3-6,13,16H,7-12H2,1-2H3. The number of ether oxygens (including phenoxy) is 1. The lowest BCUT2D eigenvalue weighted by Crippen LogP contribution is -2.43. The number of anilines is 1. The van der Waals surface area contributed by atoms with Crippen LogP contribution in [0.3, 0.4) is 0 Å². The second kappa shape index (κ2) is 7.13. The first kappa shape index (κ1) is 16.1. The number of rotatable bonds is 6. The Labute approximate surface area is 127 Å². The first-order valence-electron chi connectivity index (χ1n) is 7.40. The van der Waals surface area contributed by atoms with Gasteiger partial charge in [-0.25, -0.2) is 8.42 Å². The van der Waals surface area contributed by atoms with Crippen molar-refractivity contribution in [3.63, 3.8) is 0 Å². The molecule has 1 aliphatic heterocycles. The van der Waals surface area contributed by atoms with Crippen LogP contribution in [0.5, 0.6) is 5.75 Å². The summed E-state index contributed by atoms with van der Waals surface area (Å²) in [7, 11) is -3.05. The molecule has 1 aliphatic rings. The lowest BCUT2D eigenvalue weighted by Gasteiger charge is -2.30. The number of hydrogen-bond acceptors (Lipinski definition) is 5. The highest BCUT2D eigenvalue weighted by atomic mass is 32.2. The van der Waals surface area contributed by atoms with Crippen molar-refractivity contribution in [3.8, 4) is 5.75 Å². The van der Waals surface area contributed by atoms with E-state index < -0.39 is 9.84 Å². The van der Waals surface area contributed by atoms with E-state index >= 15 is 0 Å². The van der Waals surface area contributed by atoms with Crippen LogP contribution in [-0.2, 0) is 9.84 Å². The van der Waals surface area contributed by atoms with Crippen molar-refractivity contribution < 1.29 is 13.2 Å². The number of nitrogens with one attached hydrogen (secondary N) is 1. The third-order valence-electron chi connectivity index (χ3n) is 3.67. The van der Waals surface area contributed by atoms with Crippen molar-refractivity contribution >= 4 is 15.5 Å². The van der Waals surface area contributed by atoms with Gasteiger partial charge >= 0.3 is 0 Å². The zero-order valence-electron chi connectivity index (χ0n) is 12.7. The molecule has 0 aliphatic carbocycles. The van der Waals surface area contributed by atoms with E-state index in [1.807, 2.05) is 24.3 Å². The van der Waals surface area contributed by atoms with Crippen molar-refractivity contribution in [2.24, 2.45) is 0 Å². The third-order valence-corrected chi connectivity index (χ3v) is 5.84. The number of para-hydroxylation sites is 2. The fraction of sp³-hybridized carbons (Fsp3) is 0.600. The topological polar surface area (TPSA) is 58.6 Å². The third kappa shape index (κ3) is 4.35. The number of piperazine rings is 1. The molecule has 0 radical (unpaired) electrons. The van der Waals surface area contributed by atoms with Crippen LogP contribution in [0.2, 0.25) is 0 Å². The van der Waals surface area contributed by atoms with Gasteiger partial charge in [-0.2, -0.15) is 0 Å². The van der Waals surface area contributed by atoms with Crippen LogP contribution in [0.25, 0.3) is 0 Å². The van der Waals surface area contributed by atoms with Crippen LogP contribution >= 0.6 is 0 Å². The molecule has 1 saturated heterocycles. The molecule has 2 rings (SSSR count). The van der Waals surface area contributed by atoms with Gasteiger partial charge in [-0.1, -0.05) is 12.1 Å². The summed E-state index contributed by atoms with van der Waals surface area (Å²) in [6.45, 7) is 7.37. The molecule has 0 unspecified atom stereocenters. The smallest absolute Gasteiger partial charge is 0.155 e. The molecule has 0 bridgehead atoms. The van der Waals surface area contributed by atoms with E-state index in [1.54, 1.807) is 13.8 Å². The zero-order chi connectivity index (χ0) is 15.3. The van der Waals surface area contributed by atoms with Crippen molar-refractivity contribution in [2.75, 3.05) is 43.4 Å². The lowest BCUT2D eigenvalue weighted by molar-refractivity contribution is 0.340. The molecule has 0 amide bonds. The molecule has 0 saturated carbocycles. The van der Waals surface area contributed by atoms with Gasteiger partial charge in [-0.05, 0) is 26.0 Å². The minimum Gasteiger partial charge on any atom is -0.490 e. The molecule has 0 aromatic heterocycles. The molecule has 1 heterocycles. The summed E-state index contributed by atoms with van der Waals surface area (Å²) in [5.41, 5.74) is 1.04. The van der Waals surface area contributed by atoms with Gasteiger partial charge in [-0.3, -0.25) is 0 Å². The minimum atomic E-state index is -3.05. The summed E-state index contributed by atoms with van der Waals surface area (Å²) in [5.74, 6) is 0.818. The highest BCUT2D eigenvalue weighted by molar-refractivity contribution is 7.91. The molecule has 118 valence electrons. The Morgan fingerprint density at radius 1 is 1.24 bits per heavy atom. The molecule has 1 aromatic carbocycles. The van der Waals surface area contributed by atoms with E-state index in [0.717, 1.165) is 37.6 Å². The molecule has 0 spiro atoms. The summed E-state index contributed by atoms with van der Waals surface area (Å²) in [5, 5.41) is 2.96. The number of sulfone groups is 1. The summed E-state index contributed by atoms with van der Waals surface area (Å²) >= 11 is 0. The van der Waals surface area contributed by atoms with Crippen LogP contribution in [0, 0.1) is 0 Å². The Morgan fingerprint density at radius 2 is 1.90 bits per heavy atom. The Morgan fingerprint density at radius 3 is 2.57 bits per heavy atom. The van der Waals surface area contributed by atoms with Gasteiger partial charge in [0.1, 0.15) is 12.4 Å². The van der Waals surface area contributed by atoms with Crippen molar-refractivity contribution in [2.45, 2.75) is 19.1 Å². The Kier molecular flexibility index (Phi) is 5.47. The van der Waals surface area contributed by atoms with Crippen molar-refractivity contribution in [1.29, 1.82) is 0 Å². The molecule has 5 nitrogen and oxygen atoms in total. The summed E-state index contributed by atoms with van der Waals surface area (Å²) in [4.78, 5) is 2.27. The van der Waals surface area contributed by atoms with Crippen LogP contribution in [-0.4, -0.2) is 52.2 Å². The van der Waals surface area contributed by atoms with E-state index in [4.69, 9.17) is 4.74 Å². The summed E-state index contributed by atoms with van der Waals surface area (Å²) in [6.07, 6.45) is 0. The maximum Gasteiger partial charge on any atom is 0.155 e. The van der Waals surface area contributed by atoms with Crippen LogP contribution in [0.4, 0.5) is 5.69 Å². The van der Waals surface area contributed by atoms with Gasteiger partial charge in [0.05, 0.1) is 16.7 Å². The Bertz CT molecular complexity index is 552. The van der Waals surface area contributed by atoms with Gasteiger partial charge in [-0.15, -0.1) is 0 Å². The second-order valence-corrected chi connectivity index (χ2v) is 8.15. The van der Waals surface area contributed by atoms with Crippen molar-refractivity contribution in [1.82, 2.24) is 5.32 Å². The van der Waals surface area contributed by atoms with E-state index in [2.05, 4.69) is 10.2 Å². The Balaban J connectivity index is 2.00. The van der Waals surface area contributed by atoms with E-state index in [-0.39, 0.29) is 17.6 Å². The fourth-order valence-corrected chi connectivity index (χ4v) is 3.04. The molecule has 6 heteroatoms. The number of nitrogens with zero attached hydrogens (tertiary/aromatic N) is 1. The largest absolute Gasteiger partial charge is 0.490 e. The van der Waals surface area contributed by atoms with Crippen LogP contribution in [0.15, 0.2) is 24.3 Å². The predicted molar refractivity (Wildman–Crippen MR) is 85.9 cm³/mol. The average molecular weight is 312 g/mol. The Hall–Kier alpha value is -1.27. The SMILES string of the molecule is CC(C)S(=O)(=O)CCOc1ccccc1N1CCNCC1. The van der Waals surface area contributed by atoms with Gasteiger partial charge < -0.3 is 15.0 Å². The van der Waals surface area contributed by atoms with Gasteiger partial charge in [0.25, 0.3) is 0 Å². The van der Waals surface area contributed by atoms with Crippen LogP contribution < -0.4 is 15.0 Å². The maximum atomic E-state index is 11.8. The molecule has 1 aromatic rings. The monoisotopic (exact) mass is 312 g/mol. The zero-order valence-corrected chi connectivity index (χ0v) is 13.5. The number of benzene rings is 1. The maximum absolute atomic E-state index is 11.8. The van der Waals surface area contributed by atoms with Crippen LogP contribution in [0.1, 0.15) is 13.8 Å². The molecule has 1 N–H and O–H groups in total. The highest BCUT2D eigenvalue weighted by Crippen LogP contribution is 2.28. The quantitative estimate of drug-likeness (QED) is 0.858. The van der Waals surface area contributed by atoms with Gasteiger partial charge in [0.2, 0.25) is 0 Å². The number of hydrogen-bond donors (Lipinski definition) is 1.